The van der Waals surface area contributed by atoms with Crippen LogP contribution in [0.1, 0.15) is 0 Å². The van der Waals surface area contributed by atoms with Crippen LogP contribution in [-0.4, -0.2) is 45.6 Å². The van der Waals surface area contributed by atoms with E-state index in [4.69, 9.17) is 19.4 Å². The molecule has 2 aromatic heterocycles. The number of hydrogen-bond acceptors (Lipinski definition) is 10. The molecule has 10 heteroatoms. The number of nitrogens with zero attached hydrogens (tertiary/aromatic N) is 3. The van der Waals surface area contributed by atoms with Crippen LogP contribution in [0.25, 0.3) is 111 Å². The average molecular weight is 850 g/mol. The summed E-state index contributed by atoms with van der Waals surface area (Å²) in [7, 11) is 0. The number of aromatic nitrogens is 3. The van der Waals surface area contributed by atoms with E-state index < -0.39 is 51.2 Å². The van der Waals surface area contributed by atoms with Crippen LogP contribution >= 0.6 is 0 Å². The molecule has 0 fully saturated rings. The van der Waals surface area contributed by atoms with E-state index in [1.165, 1.54) is 0 Å². The largest absolute Gasteiger partial charge is 0.506 e. The first kappa shape index (κ1) is 38.7. The predicted molar refractivity (Wildman–Crippen MR) is 253 cm³/mol. The van der Waals surface area contributed by atoms with Crippen LogP contribution in [0.15, 0.2) is 180 Å². The molecular formula is C55H35N3O7. The molecular weight excluding hydrogens is 815 g/mol. The van der Waals surface area contributed by atoms with Gasteiger partial charge in [0.2, 0.25) is 5.75 Å². The van der Waals surface area contributed by atoms with Gasteiger partial charge in [0.05, 0.1) is 16.3 Å². The van der Waals surface area contributed by atoms with Gasteiger partial charge in [-0.1, -0.05) is 164 Å². The third-order valence-corrected chi connectivity index (χ3v) is 11.8. The number of rotatable bonds is 7. The fourth-order valence-electron chi connectivity index (χ4n) is 8.57. The van der Waals surface area contributed by atoms with Gasteiger partial charge >= 0.3 is 0 Å². The first-order valence-corrected chi connectivity index (χ1v) is 20.7. The minimum atomic E-state index is -0.829. The third-order valence-electron chi connectivity index (χ3n) is 11.8. The molecule has 10 nitrogen and oxygen atoms in total. The molecule has 11 aromatic rings. The molecule has 6 N–H and O–H groups in total. The minimum absolute atomic E-state index is 0.157. The summed E-state index contributed by atoms with van der Waals surface area (Å²) in [4.78, 5) is 14.5. The van der Waals surface area contributed by atoms with E-state index in [2.05, 4.69) is 0 Å². The average Bonchev–Trinajstić information content (AvgIpc) is 3.78. The lowest BCUT2D eigenvalue weighted by molar-refractivity contribution is 0.396. The van der Waals surface area contributed by atoms with E-state index in [0.717, 1.165) is 44.2 Å². The molecule has 0 amide bonds. The van der Waals surface area contributed by atoms with E-state index in [1.807, 2.05) is 152 Å². The quantitative estimate of drug-likeness (QED) is 0.0669. The van der Waals surface area contributed by atoms with Crippen LogP contribution in [0.5, 0.6) is 34.5 Å². The number of furan rings is 1. The van der Waals surface area contributed by atoms with E-state index >= 15 is 0 Å². The summed E-state index contributed by atoms with van der Waals surface area (Å²) in [6, 6.07) is 55.9. The first-order valence-electron chi connectivity index (χ1n) is 20.7. The van der Waals surface area contributed by atoms with Crippen molar-refractivity contribution in [2.24, 2.45) is 0 Å². The van der Waals surface area contributed by atoms with Gasteiger partial charge in [-0.2, -0.15) is 0 Å². The molecule has 0 atom stereocenters. The molecule has 9 aromatic carbocycles. The molecule has 0 saturated carbocycles. The summed E-state index contributed by atoms with van der Waals surface area (Å²) in [5.41, 5.74) is 5.80. The van der Waals surface area contributed by atoms with Gasteiger partial charge in [-0.3, -0.25) is 0 Å². The molecule has 312 valence electrons. The van der Waals surface area contributed by atoms with Gasteiger partial charge in [0.15, 0.2) is 51.6 Å². The number of hydrogen-bond donors (Lipinski definition) is 6. The highest BCUT2D eigenvalue weighted by molar-refractivity contribution is 6.19. The first-order chi connectivity index (χ1) is 31.7. The van der Waals surface area contributed by atoms with Crippen molar-refractivity contribution in [2.45, 2.75) is 0 Å². The van der Waals surface area contributed by atoms with Crippen LogP contribution in [-0.2, 0) is 0 Å². The van der Waals surface area contributed by atoms with E-state index in [1.54, 1.807) is 24.3 Å². The number of phenolic OH excluding ortho intramolecular Hbond substituents is 6. The number of aromatic hydroxyl groups is 6. The Bertz CT molecular complexity index is 3650. The van der Waals surface area contributed by atoms with Crippen LogP contribution in [0.3, 0.4) is 0 Å². The lowest BCUT2D eigenvalue weighted by atomic mass is 9.92. The van der Waals surface area contributed by atoms with Gasteiger partial charge < -0.3 is 35.1 Å². The predicted octanol–water partition coefficient (Wildman–Crippen LogP) is 12.8. The zero-order valence-corrected chi connectivity index (χ0v) is 34.2. The van der Waals surface area contributed by atoms with Crippen molar-refractivity contribution in [1.82, 2.24) is 15.0 Å². The van der Waals surface area contributed by atoms with Crippen molar-refractivity contribution < 1.29 is 35.1 Å². The standard InChI is InChI=1S/C55H35N3O7/c59-45-41(35-23-20-32(21-24-35)30-12-4-1-5-13-30)46(60)50(64)52-42(45)43-47(61)48(62)44(49(63)51(43)65-52)55-57-53(37-25-22-31-14-10-11-19-36(31)28-37)56-54(58-55)38-26-27-39(33-15-6-2-7-16-33)40(29-38)34-17-8-3-9-18-34/h1-29,59-64H. The van der Waals surface area contributed by atoms with Crippen molar-refractivity contribution in [3.05, 3.63) is 176 Å². The lowest BCUT2D eigenvalue weighted by Crippen LogP contribution is -2.01. The topological polar surface area (TPSA) is 173 Å². The summed E-state index contributed by atoms with van der Waals surface area (Å²) in [5, 5.41) is 71.8. The highest BCUT2D eigenvalue weighted by Gasteiger charge is 2.32. The van der Waals surface area contributed by atoms with Crippen LogP contribution in [0.4, 0.5) is 0 Å². The van der Waals surface area contributed by atoms with Crippen LogP contribution in [0, 0.1) is 0 Å². The summed E-state index contributed by atoms with van der Waals surface area (Å²) >= 11 is 0. The Labute approximate surface area is 370 Å². The molecule has 0 spiro atoms. The normalized spacial score (nSPS) is 11.4. The van der Waals surface area contributed by atoms with Gasteiger partial charge in [0.25, 0.3) is 0 Å². The van der Waals surface area contributed by atoms with Gasteiger partial charge in [0.1, 0.15) is 11.3 Å². The molecule has 0 unspecified atom stereocenters. The molecule has 11 rings (SSSR count). The summed E-state index contributed by atoms with van der Waals surface area (Å²) < 4.78 is 5.98. The Morgan fingerprint density at radius 3 is 1.42 bits per heavy atom. The van der Waals surface area contributed by atoms with E-state index in [0.29, 0.717) is 16.7 Å². The molecule has 65 heavy (non-hydrogen) atoms. The highest BCUT2D eigenvalue weighted by Crippen LogP contribution is 2.58. The maximum absolute atomic E-state index is 12.1. The second-order valence-electron chi connectivity index (χ2n) is 15.7. The maximum atomic E-state index is 12.1. The minimum Gasteiger partial charge on any atom is -0.506 e. The monoisotopic (exact) mass is 849 g/mol. The van der Waals surface area contributed by atoms with Gasteiger partial charge in [-0.05, 0) is 61.8 Å². The molecule has 2 heterocycles. The number of phenols is 6. The van der Waals surface area contributed by atoms with E-state index in [-0.39, 0.29) is 33.8 Å². The Kier molecular flexibility index (Phi) is 9.14. The molecule has 0 aliphatic carbocycles. The fraction of sp³-hybridized carbons (Fsp3) is 0. The second-order valence-corrected chi connectivity index (χ2v) is 15.7. The molecule has 0 radical (unpaired) electrons. The van der Waals surface area contributed by atoms with Crippen molar-refractivity contribution in [1.29, 1.82) is 0 Å². The lowest BCUT2D eigenvalue weighted by Gasteiger charge is -2.15. The summed E-state index contributed by atoms with van der Waals surface area (Å²) in [5.74, 6) is -4.17. The van der Waals surface area contributed by atoms with Gasteiger partial charge in [0, 0.05) is 11.1 Å². The third kappa shape index (κ3) is 6.47. The molecule has 0 aliphatic heterocycles. The summed E-state index contributed by atoms with van der Waals surface area (Å²) in [6.45, 7) is 0. The van der Waals surface area contributed by atoms with Crippen molar-refractivity contribution in [3.63, 3.8) is 0 Å². The van der Waals surface area contributed by atoms with E-state index in [9.17, 15) is 30.6 Å². The molecule has 0 saturated heterocycles. The Hall–Kier alpha value is -9.15. The SMILES string of the molecule is Oc1c(-c2ccc(-c3ccccc3)cc2)c(O)c2c(oc3c(O)c(-c4nc(-c5ccc(-c6ccccc6)c(-c6ccccc6)c5)nc(-c5ccc6ccccc6c5)n4)c(O)c(O)c32)c1O. The van der Waals surface area contributed by atoms with Crippen molar-refractivity contribution >= 4 is 32.7 Å². The van der Waals surface area contributed by atoms with Crippen LogP contribution in [0.2, 0.25) is 0 Å². The Balaban J connectivity index is 1.12. The summed E-state index contributed by atoms with van der Waals surface area (Å²) in [6.07, 6.45) is 0. The van der Waals surface area contributed by atoms with Gasteiger partial charge in [-0.15, -0.1) is 0 Å². The zero-order valence-electron chi connectivity index (χ0n) is 34.2. The zero-order chi connectivity index (χ0) is 44.3. The second kappa shape index (κ2) is 15.3. The van der Waals surface area contributed by atoms with Crippen LogP contribution < -0.4 is 0 Å². The number of benzene rings is 9. The van der Waals surface area contributed by atoms with Gasteiger partial charge in [-0.25, -0.2) is 15.0 Å². The highest BCUT2D eigenvalue weighted by atomic mass is 16.4. The fourth-order valence-corrected chi connectivity index (χ4v) is 8.57. The maximum Gasteiger partial charge on any atom is 0.202 e. The van der Waals surface area contributed by atoms with Crippen molar-refractivity contribution in [2.75, 3.05) is 0 Å². The molecule has 0 bridgehead atoms. The molecule has 0 aliphatic rings. The Morgan fingerprint density at radius 1 is 0.292 bits per heavy atom. The smallest absolute Gasteiger partial charge is 0.202 e. The van der Waals surface area contributed by atoms with Crippen molar-refractivity contribution in [3.8, 4) is 113 Å². The number of fused-ring (bicyclic) bond motifs is 4. The Morgan fingerprint density at radius 2 is 0.754 bits per heavy atom.